The Labute approximate surface area is 157 Å². The maximum Gasteiger partial charge on any atom is 0.234 e. The van der Waals surface area contributed by atoms with Crippen molar-refractivity contribution in [2.24, 2.45) is 5.92 Å². The number of benzene rings is 1. The molecular weight excluding hydrogens is 324 g/mol. The third kappa shape index (κ3) is 3.13. The van der Waals surface area contributed by atoms with Crippen molar-refractivity contribution >= 4 is 5.91 Å². The van der Waals surface area contributed by atoms with Gasteiger partial charge in [-0.2, -0.15) is 0 Å². The number of aromatic hydroxyl groups is 1. The lowest BCUT2D eigenvalue weighted by molar-refractivity contribution is -0.125. The van der Waals surface area contributed by atoms with Crippen LogP contribution >= 0.6 is 0 Å². The SMILES string of the molecule is C[C@@H]1[C@@H]2Cc3ccc(O)cc3[C@]1(C)CCN2CC(=O)NC1CCCCC1. The molecule has 2 aliphatic carbocycles. The number of phenols is 1. The summed E-state index contributed by atoms with van der Waals surface area (Å²) >= 11 is 0. The molecule has 0 aromatic heterocycles. The summed E-state index contributed by atoms with van der Waals surface area (Å²) in [5, 5.41) is 13.2. The van der Waals surface area contributed by atoms with Crippen LogP contribution in [0.1, 0.15) is 63.5 Å². The molecule has 1 saturated heterocycles. The molecule has 2 bridgehead atoms. The Balaban J connectivity index is 1.47. The van der Waals surface area contributed by atoms with Crippen molar-refractivity contribution < 1.29 is 9.90 Å². The van der Waals surface area contributed by atoms with Crippen LogP contribution in [0.4, 0.5) is 0 Å². The molecular formula is C22H32N2O2. The Hall–Kier alpha value is -1.55. The number of phenolic OH excluding ortho intramolecular Hbond substituents is 1. The molecule has 1 aliphatic heterocycles. The highest BCUT2D eigenvalue weighted by molar-refractivity contribution is 5.78. The normalized spacial score (nSPS) is 32.1. The van der Waals surface area contributed by atoms with Gasteiger partial charge in [-0.3, -0.25) is 9.69 Å². The molecule has 2 fully saturated rings. The zero-order chi connectivity index (χ0) is 18.3. The fraction of sp³-hybridized carbons (Fsp3) is 0.682. The monoisotopic (exact) mass is 356 g/mol. The van der Waals surface area contributed by atoms with Gasteiger partial charge in [0.2, 0.25) is 5.91 Å². The van der Waals surface area contributed by atoms with Gasteiger partial charge in [0.05, 0.1) is 6.54 Å². The van der Waals surface area contributed by atoms with E-state index in [1.807, 2.05) is 6.07 Å². The molecule has 1 heterocycles. The van der Waals surface area contributed by atoms with Crippen LogP contribution in [0.2, 0.25) is 0 Å². The predicted molar refractivity (Wildman–Crippen MR) is 103 cm³/mol. The van der Waals surface area contributed by atoms with Crippen LogP contribution in [0.25, 0.3) is 0 Å². The molecule has 3 aliphatic rings. The summed E-state index contributed by atoms with van der Waals surface area (Å²) in [7, 11) is 0. The molecule has 4 heteroatoms. The summed E-state index contributed by atoms with van der Waals surface area (Å²) in [4.78, 5) is 15.0. The lowest BCUT2D eigenvalue weighted by atomic mass is 9.59. The Morgan fingerprint density at radius 1 is 1.31 bits per heavy atom. The van der Waals surface area contributed by atoms with E-state index in [1.165, 1.54) is 30.4 Å². The molecule has 1 saturated carbocycles. The van der Waals surface area contributed by atoms with Gasteiger partial charge in [0, 0.05) is 12.1 Å². The van der Waals surface area contributed by atoms with Crippen LogP contribution in [-0.2, 0) is 16.6 Å². The summed E-state index contributed by atoms with van der Waals surface area (Å²) < 4.78 is 0. The average molecular weight is 357 g/mol. The third-order valence-electron chi connectivity index (χ3n) is 7.42. The van der Waals surface area contributed by atoms with E-state index in [9.17, 15) is 9.90 Å². The standard InChI is InChI=1S/C22H32N2O2/c1-15-20-12-16-8-9-18(25)13-19(16)22(15,2)10-11-24(20)14-21(26)23-17-6-4-3-5-7-17/h8-9,13,15,17,20,25H,3-7,10-12,14H2,1-2H3,(H,23,26)/t15-,20+,22-/m1/s1. The van der Waals surface area contributed by atoms with Crippen molar-refractivity contribution in [2.75, 3.05) is 13.1 Å². The molecule has 2 N–H and O–H groups in total. The van der Waals surface area contributed by atoms with Gasteiger partial charge in [-0.1, -0.05) is 39.2 Å². The largest absolute Gasteiger partial charge is 0.508 e. The van der Waals surface area contributed by atoms with E-state index in [2.05, 4.69) is 30.1 Å². The van der Waals surface area contributed by atoms with E-state index in [1.54, 1.807) is 6.07 Å². The van der Waals surface area contributed by atoms with Crippen molar-refractivity contribution in [3.63, 3.8) is 0 Å². The van der Waals surface area contributed by atoms with Gasteiger partial charge in [0.1, 0.15) is 5.75 Å². The Morgan fingerprint density at radius 3 is 2.85 bits per heavy atom. The number of hydrogen-bond donors (Lipinski definition) is 2. The summed E-state index contributed by atoms with van der Waals surface area (Å²) in [5.74, 6) is 1.04. The number of carbonyl (C=O) groups is 1. The van der Waals surface area contributed by atoms with Crippen LogP contribution in [0.3, 0.4) is 0 Å². The highest BCUT2D eigenvalue weighted by atomic mass is 16.3. The molecule has 0 spiro atoms. The second-order valence-corrected chi connectivity index (χ2v) is 8.94. The molecule has 0 radical (unpaired) electrons. The molecule has 26 heavy (non-hydrogen) atoms. The summed E-state index contributed by atoms with van der Waals surface area (Å²) in [6.07, 6.45) is 8.10. The zero-order valence-corrected chi connectivity index (χ0v) is 16.1. The van der Waals surface area contributed by atoms with Crippen LogP contribution < -0.4 is 5.32 Å². The van der Waals surface area contributed by atoms with Gasteiger partial charge < -0.3 is 10.4 Å². The highest BCUT2D eigenvalue weighted by Gasteiger charge is 2.48. The van der Waals surface area contributed by atoms with Gasteiger partial charge in [0.25, 0.3) is 0 Å². The number of nitrogens with zero attached hydrogens (tertiary/aromatic N) is 1. The van der Waals surface area contributed by atoms with Gasteiger partial charge >= 0.3 is 0 Å². The number of hydrogen-bond acceptors (Lipinski definition) is 3. The molecule has 1 amide bonds. The van der Waals surface area contributed by atoms with E-state index in [-0.39, 0.29) is 11.3 Å². The predicted octanol–water partition coefficient (Wildman–Crippen LogP) is 3.37. The first-order valence-electron chi connectivity index (χ1n) is 10.3. The highest BCUT2D eigenvalue weighted by Crippen LogP contribution is 2.49. The van der Waals surface area contributed by atoms with Crippen LogP contribution in [0, 0.1) is 5.92 Å². The van der Waals surface area contributed by atoms with E-state index < -0.39 is 0 Å². The Kier molecular flexibility index (Phi) is 4.72. The summed E-state index contributed by atoms with van der Waals surface area (Å²) in [6.45, 7) is 6.14. The summed E-state index contributed by atoms with van der Waals surface area (Å²) in [5.41, 5.74) is 2.74. The molecule has 1 aromatic rings. The first kappa shape index (κ1) is 17.8. The number of piperidine rings is 1. The quantitative estimate of drug-likeness (QED) is 0.873. The van der Waals surface area contributed by atoms with Crippen molar-refractivity contribution in [1.82, 2.24) is 10.2 Å². The number of amides is 1. The minimum absolute atomic E-state index is 0.0906. The smallest absolute Gasteiger partial charge is 0.234 e. The van der Waals surface area contributed by atoms with Crippen LogP contribution in [-0.4, -0.2) is 41.1 Å². The molecule has 4 nitrogen and oxygen atoms in total. The molecule has 4 rings (SSSR count). The van der Waals surface area contributed by atoms with E-state index in [0.717, 1.165) is 32.2 Å². The maximum absolute atomic E-state index is 12.6. The number of fused-ring (bicyclic) bond motifs is 4. The van der Waals surface area contributed by atoms with Crippen molar-refractivity contribution in [3.05, 3.63) is 29.3 Å². The number of likely N-dealkylation sites (tertiary alicyclic amines) is 1. The lowest BCUT2D eigenvalue weighted by Gasteiger charge is -2.54. The lowest BCUT2D eigenvalue weighted by Crippen LogP contribution is -2.59. The number of carbonyl (C=O) groups excluding carboxylic acids is 1. The number of nitrogens with one attached hydrogen (secondary N) is 1. The van der Waals surface area contributed by atoms with E-state index in [4.69, 9.17) is 0 Å². The molecule has 1 aromatic carbocycles. The first-order valence-corrected chi connectivity index (χ1v) is 10.3. The average Bonchev–Trinajstić information content (AvgIpc) is 2.62. The third-order valence-corrected chi connectivity index (χ3v) is 7.42. The van der Waals surface area contributed by atoms with Crippen molar-refractivity contribution in [3.8, 4) is 5.75 Å². The molecule has 142 valence electrons. The number of rotatable bonds is 3. The van der Waals surface area contributed by atoms with Gasteiger partial charge in [-0.15, -0.1) is 0 Å². The van der Waals surface area contributed by atoms with Crippen molar-refractivity contribution in [2.45, 2.75) is 76.3 Å². The van der Waals surface area contributed by atoms with Crippen molar-refractivity contribution in [1.29, 1.82) is 0 Å². The maximum atomic E-state index is 12.6. The minimum atomic E-state index is 0.0906. The first-order chi connectivity index (χ1) is 12.5. The van der Waals surface area contributed by atoms with Gasteiger partial charge in [-0.25, -0.2) is 0 Å². The second kappa shape index (κ2) is 6.88. The zero-order valence-electron chi connectivity index (χ0n) is 16.1. The fourth-order valence-electron chi connectivity index (χ4n) is 5.60. The minimum Gasteiger partial charge on any atom is -0.508 e. The van der Waals surface area contributed by atoms with Gasteiger partial charge in [0.15, 0.2) is 0 Å². The van der Waals surface area contributed by atoms with E-state index in [0.29, 0.717) is 30.3 Å². The topological polar surface area (TPSA) is 52.6 Å². The van der Waals surface area contributed by atoms with Crippen LogP contribution in [0.5, 0.6) is 5.75 Å². The van der Waals surface area contributed by atoms with Gasteiger partial charge in [-0.05, 0) is 66.8 Å². The Bertz CT molecular complexity index is 683. The second-order valence-electron chi connectivity index (χ2n) is 8.94. The Morgan fingerprint density at radius 2 is 2.08 bits per heavy atom. The summed E-state index contributed by atoms with van der Waals surface area (Å²) in [6, 6.07) is 6.64. The van der Waals surface area contributed by atoms with E-state index >= 15 is 0 Å². The fourth-order valence-corrected chi connectivity index (χ4v) is 5.60. The molecule has 3 atom stereocenters. The molecule has 0 unspecified atom stereocenters. The van der Waals surface area contributed by atoms with Crippen LogP contribution in [0.15, 0.2) is 18.2 Å².